The van der Waals surface area contributed by atoms with Gasteiger partial charge in [0.05, 0.1) is 28.9 Å². The highest BCUT2D eigenvalue weighted by Gasteiger charge is 2.46. The molecule has 0 radical (unpaired) electrons. The summed E-state index contributed by atoms with van der Waals surface area (Å²) in [4.78, 5) is 35.5. The predicted octanol–water partition coefficient (Wildman–Crippen LogP) is 6.55. The molecule has 0 aliphatic carbocycles. The van der Waals surface area contributed by atoms with Gasteiger partial charge in [-0.1, -0.05) is 47.2 Å². The first-order valence-corrected chi connectivity index (χ1v) is 13.2. The zero-order valence-electron chi connectivity index (χ0n) is 21.1. The van der Waals surface area contributed by atoms with Crippen LogP contribution in [0.1, 0.15) is 22.2 Å². The van der Waals surface area contributed by atoms with Gasteiger partial charge in [0.2, 0.25) is 5.78 Å². The number of benzene rings is 3. The molecule has 0 fully saturated rings. The van der Waals surface area contributed by atoms with Crippen LogP contribution in [0.3, 0.4) is 0 Å². The number of para-hydroxylation sites is 1. The molecule has 2 aromatic heterocycles. The third kappa shape index (κ3) is 4.10. The van der Waals surface area contributed by atoms with Crippen LogP contribution in [0.25, 0.3) is 21.2 Å². The summed E-state index contributed by atoms with van der Waals surface area (Å²) in [6, 6.07) is 18.8. The number of methoxy groups -OCH3 is 1. The van der Waals surface area contributed by atoms with Gasteiger partial charge in [-0.2, -0.15) is 0 Å². The van der Waals surface area contributed by atoms with Crippen molar-refractivity contribution in [3.8, 4) is 5.75 Å². The summed E-state index contributed by atoms with van der Waals surface area (Å²) in [7, 11) is 5.32. The molecule has 5 aromatic rings. The summed E-state index contributed by atoms with van der Waals surface area (Å²) >= 11 is 7.51. The number of amides is 1. The van der Waals surface area contributed by atoms with Crippen molar-refractivity contribution in [2.75, 3.05) is 31.0 Å². The molecule has 1 atom stereocenters. The Hall–Kier alpha value is -4.34. The Morgan fingerprint density at radius 3 is 2.56 bits per heavy atom. The molecule has 1 aliphatic rings. The smallest absolute Gasteiger partial charge is 0.296 e. The summed E-state index contributed by atoms with van der Waals surface area (Å²) < 4.78 is 12.1. The van der Waals surface area contributed by atoms with E-state index in [0.717, 1.165) is 10.4 Å². The van der Waals surface area contributed by atoms with E-state index in [9.17, 15) is 14.7 Å². The van der Waals surface area contributed by atoms with E-state index in [1.807, 2.05) is 67.5 Å². The maximum absolute atomic E-state index is 14.0. The summed E-state index contributed by atoms with van der Waals surface area (Å²) in [5.74, 6) is -1.67. The van der Waals surface area contributed by atoms with Crippen LogP contribution >= 0.6 is 22.9 Å². The molecule has 1 amide bonds. The van der Waals surface area contributed by atoms with E-state index in [1.54, 1.807) is 12.1 Å². The number of rotatable bonds is 6. The number of Topliss-reactive ketones (excluding diaryl/α,β-unsaturated/α-hetero) is 1. The van der Waals surface area contributed by atoms with E-state index in [1.165, 1.54) is 29.4 Å². The molecule has 3 aromatic carbocycles. The molecule has 0 spiro atoms. The van der Waals surface area contributed by atoms with Crippen LogP contribution in [0.2, 0.25) is 5.02 Å². The fraction of sp³-hybridized carbons (Fsp3) is 0.138. The van der Waals surface area contributed by atoms with E-state index < -0.39 is 23.5 Å². The SMILES string of the molecule is COc1cc(Cl)cc2cc(C(=O)C3=C(O)C(=O)N(c4nc5ccccc5s4)C3c3ccc(N(C)C)cc3)oc12. The molecular weight excluding hydrogens is 538 g/mol. The number of ether oxygens (including phenoxy) is 1. The van der Waals surface area contributed by atoms with Crippen molar-refractivity contribution >= 4 is 66.6 Å². The lowest BCUT2D eigenvalue weighted by molar-refractivity contribution is -0.117. The molecule has 0 saturated heterocycles. The predicted molar refractivity (Wildman–Crippen MR) is 152 cm³/mol. The maximum Gasteiger partial charge on any atom is 0.296 e. The normalized spacial score (nSPS) is 15.5. The standard InChI is InChI=1S/C29H22ClN3O5S/c1-32(2)18-10-8-15(9-11-18)24-23(25(34)20-13-16-12-17(30)14-21(37-3)27(16)38-20)26(35)28(36)33(24)29-31-19-6-4-5-7-22(19)39-29/h4-14,24,35H,1-3H3. The van der Waals surface area contributed by atoms with Crippen LogP contribution in [0, 0.1) is 0 Å². The average Bonchev–Trinajstić information content (AvgIpc) is 3.62. The van der Waals surface area contributed by atoms with Crippen molar-refractivity contribution in [2.24, 2.45) is 0 Å². The summed E-state index contributed by atoms with van der Waals surface area (Å²) in [6.45, 7) is 0. The fourth-order valence-electron chi connectivity index (χ4n) is 4.75. The number of hydrogen-bond donors (Lipinski definition) is 1. The van der Waals surface area contributed by atoms with E-state index >= 15 is 0 Å². The van der Waals surface area contributed by atoms with Crippen molar-refractivity contribution < 1.29 is 23.8 Å². The fourth-order valence-corrected chi connectivity index (χ4v) is 5.96. The number of fused-ring (bicyclic) bond motifs is 2. The largest absolute Gasteiger partial charge is 0.503 e. The van der Waals surface area contributed by atoms with Gasteiger partial charge in [0.15, 0.2) is 28.0 Å². The summed E-state index contributed by atoms with van der Waals surface area (Å²) in [5.41, 5.74) is 2.53. The lowest BCUT2D eigenvalue weighted by atomic mass is 9.95. The van der Waals surface area contributed by atoms with Crippen LogP contribution in [-0.2, 0) is 4.79 Å². The summed E-state index contributed by atoms with van der Waals surface area (Å²) in [5, 5.41) is 12.5. The van der Waals surface area contributed by atoms with Crippen molar-refractivity contribution in [3.05, 3.63) is 94.4 Å². The second-order valence-electron chi connectivity index (χ2n) is 9.26. The Bertz CT molecular complexity index is 1770. The van der Waals surface area contributed by atoms with E-state index in [2.05, 4.69) is 4.98 Å². The molecule has 196 valence electrons. The molecule has 0 saturated carbocycles. The molecule has 10 heteroatoms. The minimum Gasteiger partial charge on any atom is -0.503 e. The van der Waals surface area contributed by atoms with E-state index in [-0.39, 0.29) is 11.3 Å². The molecule has 39 heavy (non-hydrogen) atoms. The Balaban J connectivity index is 1.50. The number of carbonyl (C=O) groups excluding carboxylic acids is 2. The number of aliphatic hydroxyl groups excluding tert-OH is 1. The van der Waals surface area contributed by atoms with Gasteiger partial charge in [-0.05, 0) is 42.0 Å². The quantitative estimate of drug-likeness (QED) is 0.235. The molecule has 6 rings (SSSR count). The van der Waals surface area contributed by atoms with E-state index in [4.69, 9.17) is 20.8 Å². The van der Waals surface area contributed by atoms with Crippen LogP contribution in [0.15, 0.2) is 82.5 Å². The first kappa shape index (κ1) is 25.0. The lowest BCUT2D eigenvalue weighted by Gasteiger charge is -2.25. The van der Waals surface area contributed by atoms with Crippen molar-refractivity contribution in [1.29, 1.82) is 0 Å². The number of halogens is 1. The molecular formula is C29H22ClN3O5S. The van der Waals surface area contributed by atoms with Gasteiger partial charge >= 0.3 is 0 Å². The number of carbonyl (C=O) groups is 2. The first-order valence-electron chi connectivity index (χ1n) is 12.0. The Morgan fingerprint density at radius 2 is 1.87 bits per heavy atom. The maximum atomic E-state index is 14.0. The van der Waals surface area contributed by atoms with Crippen LogP contribution in [-0.4, -0.2) is 43.0 Å². The number of thiazole rings is 1. The third-order valence-corrected chi connectivity index (χ3v) is 7.91. The van der Waals surface area contributed by atoms with Gasteiger partial charge in [0, 0.05) is 36.3 Å². The minimum atomic E-state index is -0.930. The number of anilines is 2. The summed E-state index contributed by atoms with van der Waals surface area (Å²) in [6.07, 6.45) is 0. The minimum absolute atomic E-state index is 0.0546. The Labute approximate surface area is 232 Å². The van der Waals surface area contributed by atoms with Crippen molar-refractivity contribution in [1.82, 2.24) is 4.98 Å². The second kappa shape index (κ2) is 9.44. The third-order valence-electron chi connectivity index (χ3n) is 6.66. The molecule has 3 heterocycles. The highest BCUT2D eigenvalue weighted by Crippen LogP contribution is 2.45. The van der Waals surface area contributed by atoms with Crippen molar-refractivity contribution in [2.45, 2.75) is 6.04 Å². The highest BCUT2D eigenvalue weighted by atomic mass is 35.5. The van der Waals surface area contributed by atoms with Crippen LogP contribution in [0.4, 0.5) is 10.8 Å². The Morgan fingerprint density at radius 1 is 1.13 bits per heavy atom. The molecule has 1 unspecified atom stereocenters. The number of furan rings is 1. The average molecular weight is 560 g/mol. The van der Waals surface area contributed by atoms with Gasteiger partial charge in [0.25, 0.3) is 5.91 Å². The van der Waals surface area contributed by atoms with Crippen molar-refractivity contribution in [3.63, 3.8) is 0 Å². The number of ketones is 1. The Kier molecular flexibility index (Phi) is 6.05. The zero-order chi connectivity index (χ0) is 27.4. The van der Waals surface area contributed by atoms with Gasteiger partial charge in [0.1, 0.15) is 0 Å². The number of nitrogens with zero attached hydrogens (tertiary/aromatic N) is 3. The molecule has 1 aliphatic heterocycles. The zero-order valence-corrected chi connectivity index (χ0v) is 22.7. The molecule has 0 bridgehead atoms. The number of hydrogen-bond acceptors (Lipinski definition) is 8. The number of aromatic nitrogens is 1. The van der Waals surface area contributed by atoms with E-state index in [0.29, 0.717) is 38.0 Å². The van der Waals surface area contributed by atoms with Crippen LogP contribution in [0.5, 0.6) is 5.75 Å². The van der Waals surface area contributed by atoms with Gasteiger partial charge in [-0.25, -0.2) is 4.98 Å². The van der Waals surface area contributed by atoms with Gasteiger partial charge in [-0.15, -0.1) is 0 Å². The lowest BCUT2D eigenvalue weighted by Crippen LogP contribution is -2.31. The van der Waals surface area contributed by atoms with Gasteiger partial charge < -0.3 is 19.2 Å². The monoisotopic (exact) mass is 559 g/mol. The van der Waals surface area contributed by atoms with Crippen LogP contribution < -0.4 is 14.5 Å². The molecule has 1 N–H and O–H groups in total. The first-order chi connectivity index (χ1) is 18.8. The topological polar surface area (TPSA) is 96.1 Å². The highest BCUT2D eigenvalue weighted by molar-refractivity contribution is 7.22. The number of aliphatic hydroxyl groups is 1. The second-order valence-corrected chi connectivity index (χ2v) is 10.7. The van der Waals surface area contributed by atoms with Gasteiger partial charge in [-0.3, -0.25) is 14.5 Å². The molecule has 8 nitrogen and oxygen atoms in total.